The molecule has 206 valence electrons. The number of nitrogens with one attached hydrogen (secondary N) is 1. The van der Waals surface area contributed by atoms with Crippen LogP contribution in [0.25, 0.3) is 11.2 Å². The van der Waals surface area contributed by atoms with Gasteiger partial charge in [0.1, 0.15) is 18.5 Å². The highest BCUT2D eigenvalue weighted by Crippen LogP contribution is 2.44. The number of amides is 1. The van der Waals surface area contributed by atoms with Crippen LogP contribution in [0, 0.1) is 0 Å². The quantitative estimate of drug-likeness (QED) is 0.269. The number of anilines is 1. The fourth-order valence-electron chi connectivity index (χ4n) is 3.85. The van der Waals surface area contributed by atoms with E-state index < -0.39 is 47.7 Å². The minimum Gasteiger partial charge on any atom is -0.406 e. The first-order valence-corrected chi connectivity index (χ1v) is 15.8. The van der Waals surface area contributed by atoms with Gasteiger partial charge < -0.3 is 19.6 Å². The largest absolute Gasteiger partial charge is 0.695 e. The fraction of sp³-hybridized carbons (Fsp3) is 0.500. The van der Waals surface area contributed by atoms with Crippen LogP contribution in [0.1, 0.15) is 44.8 Å². The Balaban J connectivity index is 0.00000400. The van der Waals surface area contributed by atoms with E-state index in [4.69, 9.17) is 13.7 Å². The smallest absolute Gasteiger partial charge is 0.406 e. The maximum Gasteiger partial charge on any atom is 0.695 e. The van der Waals surface area contributed by atoms with Gasteiger partial charge in [-0.3, -0.25) is 9.36 Å². The first kappa shape index (κ1) is 29.9. The number of hydrogen-bond acceptors (Lipinski definition) is 9. The number of nitrogens with zero attached hydrogens (tertiary/aromatic N) is 4. The van der Waals surface area contributed by atoms with E-state index in [-0.39, 0.29) is 24.2 Å². The zero-order chi connectivity index (χ0) is 27.0. The van der Waals surface area contributed by atoms with Gasteiger partial charge >= 0.3 is 8.25 Å². The highest BCUT2D eigenvalue weighted by atomic mass is 31.1. The minimum atomic E-state index is -2.99. The lowest BCUT2D eigenvalue weighted by Gasteiger charge is -2.40. The molecule has 3 heterocycles. The van der Waals surface area contributed by atoms with Crippen molar-refractivity contribution >= 4 is 39.5 Å². The number of fused-ring (bicyclic) bond motifs is 1. The number of carbonyl (C=O) groups excluding carboxylic acids is 1. The van der Waals surface area contributed by atoms with Crippen LogP contribution in [-0.2, 0) is 18.3 Å². The molecule has 3 N–H and O–H groups in total. The molecule has 0 radical (unpaired) electrons. The molecule has 0 aliphatic carbocycles. The summed E-state index contributed by atoms with van der Waals surface area (Å²) < 4.78 is 31.3. The van der Waals surface area contributed by atoms with Gasteiger partial charge in [0.2, 0.25) is 0 Å². The zero-order valence-electron chi connectivity index (χ0n) is 21.2. The number of benzene rings is 1. The molecule has 0 saturated carbocycles. The Morgan fingerprint density at radius 3 is 2.47 bits per heavy atom. The molecule has 38 heavy (non-hydrogen) atoms. The standard InChI is InChI=1S/C23H30N5O7PSi.CH4/c1-23(2,3)37(4,5)35-18-17(34-36(31)32)15(11-29)33-22(18)28-13-26-16-19(24-12-25-20(16)28)27-21(30)14-9-7-6-8-10-14;/h6-10,12-13,15,17-18,22,29H,11H2,1-5H3,(H-,24,25,27,30,31,32);1H4/p+1/t15-,17?,18+,22-;/m1./s1. The highest BCUT2D eigenvalue weighted by molar-refractivity contribution is 7.32. The Kier molecular flexibility index (Phi) is 9.15. The van der Waals surface area contributed by atoms with Gasteiger partial charge in [0.25, 0.3) is 5.91 Å². The van der Waals surface area contributed by atoms with Gasteiger partial charge in [0.15, 0.2) is 37.6 Å². The third kappa shape index (κ3) is 5.99. The third-order valence-corrected chi connectivity index (χ3v) is 11.7. The van der Waals surface area contributed by atoms with Gasteiger partial charge in [-0.1, -0.05) is 46.4 Å². The Morgan fingerprint density at radius 2 is 1.87 bits per heavy atom. The van der Waals surface area contributed by atoms with Crippen molar-refractivity contribution in [1.82, 2.24) is 19.5 Å². The number of aliphatic hydroxyl groups is 1. The molecule has 0 spiro atoms. The van der Waals surface area contributed by atoms with Gasteiger partial charge in [-0.25, -0.2) is 15.0 Å². The molecule has 2 unspecified atom stereocenters. The number of aliphatic hydroxyl groups excluding tert-OH is 1. The van der Waals surface area contributed by atoms with Gasteiger partial charge in [-0.05, 0) is 30.3 Å². The van der Waals surface area contributed by atoms with Crippen molar-refractivity contribution in [3.8, 4) is 0 Å². The van der Waals surface area contributed by atoms with Gasteiger partial charge in [-0.15, -0.1) is 9.42 Å². The molecular weight excluding hydrogens is 529 g/mol. The maximum atomic E-state index is 12.7. The van der Waals surface area contributed by atoms with E-state index >= 15 is 0 Å². The van der Waals surface area contributed by atoms with Crippen LogP contribution in [0.3, 0.4) is 0 Å². The van der Waals surface area contributed by atoms with Crippen molar-refractivity contribution in [3.63, 3.8) is 0 Å². The zero-order valence-corrected chi connectivity index (χ0v) is 23.1. The number of carbonyl (C=O) groups is 1. The summed E-state index contributed by atoms with van der Waals surface area (Å²) in [6.45, 7) is 9.82. The Bertz CT molecular complexity index is 1280. The fourth-order valence-corrected chi connectivity index (χ4v) is 5.60. The van der Waals surface area contributed by atoms with Crippen molar-refractivity contribution in [2.24, 2.45) is 0 Å². The lowest BCUT2D eigenvalue weighted by molar-refractivity contribution is -0.0487. The van der Waals surface area contributed by atoms with Crippen molar-refractivity contribution in [2.75, 3.05) is 11.9 Å². The molecule has 2 aromatic heterocycles. The molecule has 1 fully saturated rings. The molecule has 1 saturated heterocycles. The topological polar surface area (TPSA) is 158 Å². The van der Waals surface area contributed by atoms with Crippen LogP contribution in [0.4, 0.5) is 5.82 Å². The molecule has 0 bridgehead atoms. The normalized spacial score (nSPS) is 22.2. The number of ether oxygens (including phenoxy) is 1. The molecular formula is C24H35N5O7PSi+. The Hall–Kier alpha value is -2.64. The maximum absolute atomic E-state index is 12.7. The Morgan fingerprint density at radius 1 is 1.18 bits per heavy atom. The summed E-state index contributed by atoms with van der Waals surface area (Å²) in [5.41, 5.74) is 1.12. The second-order valence-corrected chi connectivity index (χ2v) is 15.7. The first-order valence-electron chi connectivity index (χ1n) is 11.7. The second kappa shape index (κ2) is 11.6. The van der Waals surface area contributed by atoms with Crippen LogP contribution in [0.15, 0.2) is 43.0 Å². The van der Waals surface area contributed by atoms with Crippen LogP contribution in [0.5, 0.6) is 0 Å². The van der Waals surface area contributed by atoms with Crippen LogP contribution < -0.4 is 5.32 Å². The van der Waals surface area contributed by atoms with Crippen molar-refractivity contribution in [3.05, 3.63) is 48.5 Å². The van der Waals surface area contributed by atoms with Crippen molar-refractivity contribution in [2.45, 2.75) is 70.9 Å². The summed E-state index contributed by atoms with van der Waals surface area (Å²) in [7, 11) is -5.43. The summed E-state index contributed by atoms with van der Waals surface area (Å²) >= 11 is 0. The summed E-state index contributed by atoms with van der Waals surface area (Å²) in [6.07, 6.45) is -0.915. The predicted molar refractivity (Wildman–Crippen MR) is 144 cm³/mol. The average molecular weight is 565 g/mol. The van der Waals surface area contributed by atoms with Crippen LogP contribution in [0.2, 0.25) is 18.1 Å². The first-order chi connectivity index (χ1) is 17.4. The SMILES string of the molecule is C.CC(C)(C)[Si](C)(C)O[C@H]1C(O[P+](=O)O)[C@@H](CO)O[C@H]1n1cnc2c(NC(=O)c3ccccc3)ncnc21. The van der Waals surface area contributed by atoms with E-state index in [9.17, 15) is 19.4 Å². The molecule has 1 aliphatic heterocycles. The summed E-state index contributed by atoms with van der Waals surface area (Å²) in [5, 5.41) is 12.6. The molecule has 4 rings (SSSR count). The van der Waals surface area contributed by atoms with Crippen molar-refractivity contribution < 1.29 is 33.0 Å². The number of aromatic nitrogens is 4. The average Bonchev–Trinajstić information content (AvgIpc) is 3.40. The van der Waals surface area contributed by atoms with Gasteiger partial charge in [0, 0.05) is 10.1 Å². The second-order valence-electron chi connectivity index (χ2n) is 10.3. The number of rotatable bonds is 8. The lowest BCUT2D eigenvalue weighted by atomic mass is 10.1. The molecule has 1 aromatic carbocycles. The molecule has 1 amide bonds. The minimum absolute atomic E-state index is 0. The van der Waals surface area contributed by atoms with Crippen LogP contribution in [-0.4, -0.2) is 68.7 Å². The van der Waals surface area contributed by atoms with E-state index in [0.29, 0.717) is 16.7 Å². The summed E-state index contributed by atoms with van der Waals surface area (Å²) in [4.78, 5) is 35.2. The molecule has 14 heteroatoms. The molecule has 5 atom stereocenters. The molecule has 3 aromatic rings. The van der Waals surface area contributed by atoms with Gasteiger partial charge in [0.05, 0.1) is 12.9 Å². The van der Waals surface area contributed by atoms with E-state index in [1.807, 2.05) is 19.2 Å². The number of imidazole rings is 1. The van der Waals surface area contributed by atoms with Crippen LogP contribution >= 0.6 is 8.25 Å². The molecule has 1 aliphatic rings. The predicted octanol–water partition coefficient (Wildman–Crippen LogP) is 4.03. The lowest BCUT2D eigenvalue weighted by Crippen LogP contribution is -2.49. The Labute approximate surface area is 223 Å². The van der Waals surface area contributed by atoms with Crippen molar-refractivity contribution in [1.29, 1.82) is 0 Å². The third-order valence-electron chi connectivity index (χ3n) is 6.82. The van der Waals surface area contributed by atoms with E-state index in [1.54, 1.807) is 28.8 Å². The van der Waals surface area contributed by atoms with E-state index in [0.717, 1.165) is 0 Å². The summed E-state index contributed by atoms with van der Waals surface area (Å²) in [6, 6.07) is 8.70. The van der Waals surface area contributed by atoms with Gasteiger partial charge in [-0.2, -0.15) is 0 Å². The monoisotopic (exact) mass is 564 g/mol. The van der Waals surface area contributed by atoms with E-state index in [1.165, 1.54) is 12.7 Å². The number of hydrogen-bond donors (Lipinski definition) is 3. The highest BCUT2D eigenvalue weighted by Gasteiger charge is 2.54. The molecule has 12 nitrogen and oxygen atoms in total. The van der Waals surface area contributed by atoms with E-state index in [2.05, 4.69) is 41.0 Å². The summed E-state index contributed by atoms with van der Waals surface area (Å²) in [5.74, 6) is -0.144.